The summed E-state index contributed by atoms with van der Waals surface area (Å²) in [6, 6.07) is 0. The van der Waals surface area contributed by atoms with Crippen LogP contribution in [0.1, 0.15) is 19.3 Å². The predicted octanol–water partition coefficient (Wildman–Crippen LogP) is 1.55. The molecule has 0 radical (unpaired) electrons. The molecule has 114 valence electrons. The lowest BCUT2D eigenvalue weighted by Gasteiger charge is -2.22. The molecule has 0 N–H and O–H groups in total. The Kier molecular flexibility index (Phi) is 11.3. The first kappa shape index (κ1) is 16.8. The molecule has 1 fully saturated rings. The van der Waals surface area contributed by atoms with Crippen molar-refractivity contribution in [3.05, 3.63) is 0 Å². The number of rotatable bonds is 12. The molecule has 0 saturated carbocycles. The smallest absolute Gasteiger partial charge is 0.157 e. The van der Waals surface area contributed by atoms with E-state index in [1.807, 2.05) is 0 Å². The maximum Gasteiger partial charge on any atom is 0.157 e. The van der Waals surface area contributed by atoms with Gasteiger partial charge in [0.2, 0.25) is 0 Å². The number of alkyl halides is 1. The third-order valence-corrected chi connectivity index (χ3v) is 2.63. The summed E-state index contributed by atoms with van der Waals surface area (Å²) in [5.41, 5.74) is 0. The van der Waals surface area contributed by atoms with Gasteiger partial charge >= 0.3 is 0 Å². The highest BCUT2D eigenvalue weighted by Gasteiger charge is 2.13. The lowest BCUT2D eigenvalue weighted by molar-refractivity contribution is -0.169. The summed E-state index contributed by atoms with van der Waals surface area (Å²) in [4.78, 5) is 0. The van der Waals surface area contributed by atoms with Crippen molar-refractivity contribution in [3.8, 4) is 0 Å². The third kappa shape index (κ3) is 10.2. The topological polar surface area (TPSA) is 46.2 Å². The second-order valence-corrected chi connectivity index (χ2v) is 4.19. The van der Waals surface area contributed by atoms with Gasteiger partial charge in [-0.25, -0.2) is 4.39 Å². The highest BCUT2D eigenvalue weighted by Crippen LogP contribution is 2.13. The van der Waals surface area contributed by atoms with Gasteiger partial charge in [0.15, 0.2) is 6.29 Å². The molecule has 1 saturated heterocycles. The highest BCUT2D eigenvalue weighted by atomic mass is 19.1. The summed E-state index contributed by atoms with van der Waals surface area (Å²) in [7, 11) is 0. The van der Waals surface area contributed by atoms with Crippen LogP contribution in [0, 0.1) is 0 Å². The minimum atomic E-state index is -0.451. The molecule has 0 aliphatic carbocycles. The Morgan fingerprint density at radius 1 is 0.842 bits per heavy atom. The molecule has 0 spiro atoms. The third-order valence-electron chi connectivity index (χ3n) is 2.63. The van der Waals surface area contributed by atoms with Crippen LogP contribution in [0.2, 0.25) is 0 Å². The molecule has 0 bridgehead atoms. The molecule has 1 heterocycles. The van der Waals surface area contributed by atoms with Gasteiger partial charge in [-0.3, -0.25) is 0 Å². The number of halogens is 1. The van der Waals surface area contributed by atoms with Gasteiger partial charge in [-0.15, -0.1) is 0 Å². The predicted molar refractivity (Wildman–Crippen MR) is 68.0 cm³/mol. The van der Waals surface area contributed by atoms with Gasteiger partial charge in [-0.05, 0) is 19.3 Å². The molecule has 6 heteroatoms. The molecule has 1 aliphatic heterocycles. The molecule has 5 nitrogen and oxygen atoms in total. The lowest BCUT2D eigenvalue weighted by Crippen LogP contribution is -2.24. The SMILES string of the molecule is FCCOCCOCCOCCOC1CCCCO1. The van der Waals surface area contributed by atoms with Crippen LogP contribution in [-0.2, 0) is 23.7 Å². The molecule has 1 unspecified atom stereocenters. The van der Waals surface area contributed by atoms with Crippen LogP contribution in [0.5, 0.6) is 0 Å². The molecule has 1 aliphatic rings. The minimum absolute atomic E-state index is 0.0544. The van der Waals surface area contributed by atoms with E-state index in [1.165, 1.54) is 6.42 Å². The fourth-order valence-corrected chi connectivity index (χ4v) is 1.68. The molecule has 0 aromatic rings. The Labute approximate surface area is 114 Å². The summed E-state index contributed by atoms with van der Waals surface area (Å²) in [6.45, 7) is 3.50. The maximum absolute atomic E-state index is 11.7. The zero-order valence-corrected chi connectivity index (χ0v) is 11.5. The van der Waals surface area contributed by atoms with Crippen LogP contribution >= 0.6 is 0 Å². The zero-order valence-electron chi connectivity index (χ0n) is 11.5. The van der Waals surface area contributed by atoms with Crippen molar-refractivity contribution in [2.75, 3.05) is 59.5 Å². The fourth-order valence-electron chi connectivity index (χ4n) is 1.68. The monoisotopic (exact) mass is 280 g/mol. The molecule has 0 aromatic heterocycles. The van der Waals surface area contributed by atoms with Crippen molar-refractivity contribution in [1.29, 1.82) is 0 Å². The van der Waals surface area contributed by atoms with Crippen molar-refractivity contribution in [2.45, 2.75) is 25.6 Å². The van der Waals surface area contributed by atoms with E-state index in [2.05, 4.69) is 0 Å². The van der Waals surface area contributed by atoms with Crippen LogP contribution in [0.4, 0.5) is 4.39 Å². The first-order chi connectivity index (χ1) is 9.43. The summed E-state index contributed by atoms with van der Waals surface area (Å²) >= 11 is 0. The van der Waals surface area contributed by atoms with E-state index in [9.17, 15) is 4.39 Å². The second kappa shape index (κ2) is 12.7. The summed E-state index contributed by atoms with van der Waals surface area (Å²) in [5.74, 6) is 0. The number of hydrogen-bond acceptors (Lipinski definition) is 5. The Bertz CT molecular complexity index is 188. The van der Waals surface area contributed by atoms with E-state index in [4.69, 9.17) is 23.7 Å². The average molecular weight is 280 g/mol. The van der Waals surface area contributed by atoms with E-state index in [-0.39, 0.29) is 12.9 Å². The molecule has 1 atom stereocenters. The van der Waals surface area contributed by atoms with Gasteiger partial charge in [-0.1, -0.05) is 0 Å². The highest BCUT2D eigenvalue weighted by molar-refractivity contribution is 4.53. The summed E-state index contributed by atoms with van der Waals surface area (Å²) < 4.78 is 38.1. The Hall–Kier alpha value is -0.270. The van der Waals surface area contributed by atoms with E-state index in [0.717, 1.165) is 19.4 Å². The van der Waals surface area contributed by atoms with Gasteiger partial charge in [0.1, 0.15) is 6.67 Å². The van der Waals surface area contributed by atoms with Crippen LogP contribution in [0.3, 0.4) is 0 Å². The van der Waals surface area contributed by atoms with Crippen molar-refractivity contribution in [3.63, 3.8) is 0 Å². The molecular formula is C13H25FO5. The largest absolute Gasteiger partial charge is 0.377 e. The molecular weight excluding hydrogens is 255 g/mol. The quantitative estimate of drug-likeness (QED) is 0.508. The number of hydrogen-bond donors (Lipinski definition) is 0. The molecule has 0 aromatic carbocycles. The van der Waals surface area contributed by atoms with E-state index in [0.29, 0.717) is 39.6 Å². The van der Waals surface area contributed by atoms with Crippen molar-refractivity contribution in [2.24, 2.45) is 0 Å². The number of ether oxygens (including phenoxy) is 5. The van der Waals surface area contributed by atoms with E-state index >= 15 is 0 Å². The van der Waals surface area contributed by atoms with Crippen molar-refractivity contribution < 1.29 is 28.1 Å². The molecule has 1 rings (SSSR count). The van der Waals surface area contributed by atoms with Gasteiger partial charge in [0.05, 0.1) is 46.2 Å². The summed E-state index contributed by atoms with van der Waals surface area (Å²) in [5, 5.41) is 0. The van der Waals surface area contributed by atoms with Crippen LogP contribution in [0.15, 0.2) is 0 Å². The lowest BCUT2D eigenvalue weighted by atomic mass is 10.2. The normalized spacial score (nSPS) is 19.7. The Morgan fingerprint density at radius 3 is 2.05 bits per heavy atom. The van der Waals surface area contributed by atoms with Crippen molar-refractivity contribution in [1.82, 2.24) is 0 Å². The van der Waals surface area contributed by atoms with Gasteiger partial charge in [0, 0.05) is 6.61 Å². The van der Waals surface area contributed by atoms with Crippen LogP contribution in [0.25, 0.3) is 0 Å². The fraction of sp³-hybridized carbons (Fsp3) is 1.00. The maximum atomic E-state index is 11.7. The first-order valence-electron chi connectivity index (χ1n) is 6.96. The molecule has 0 amide bonds. The van der Waals surface area contributed by atoms with Gasteiger partial charge in [-0.2, -0.15) is 0 Å². The first-order valence-corrected chi connectivity index (χ1v) is 6.96. The Balaban J connectivity index is 1.71. The standard InChI is InChI=1S/C13H25FO5/c14-4-6-15-7-8-16-9-10-17-11-12-19-13-3-1-2-5-18-13/h13H,1-12H2. The van der Waals surface area contributed by atoms with E-state index < -0.39 is 6.67 Å². The average Bonchev–Trinajstić information content (AvgIpc) is 2.46. The molecule has 19 heavy (non-hydrogen) atoms. The van der Waals surface area contributed by atoms with E-state index in [1.54, 1.807) is 0 Å². The van der Waals surface area contributed by atoms with Crippen molar-refractivity contribution >= 4 is 0 Å². The Morgan fingerprint density at radius 2 is 1.47 bits per heavy atom. The van der Waals surface area contributed by atoms with Gasteiger partial charge in [0.25, 0.3) is 0 Å². The van der Waals surface area contributed by atoms with Crippen LogP contribution in [-0.4, -0.2) is 65.8 Å². The summed E-state index contributed by atoms with van der Waals surface area (Å²) in [6.07, 6.45) is 3.22. The zero-order chi connectivity index (χ0) is 13.6. The second-order valence-electron chi connectivity index (χ2n) is 4.19. The minimum Gasteiger partial charge on any atom is -0.377 e. The van der Waals surface area contributed by atoms with Gasteiger partial charge < -0.3 is 23.7 Å². The van der Waals surface area contributed by atoms with Crippen LogP contribution < -0.4 is 0 Å².